The molecule has 31 heavy (non-hydrogen) atoms. The third kappa shape index (κ3) is 6.13. The number of likely N-dealkylation sites (tertiary alicyclic amines) is 1. The fraction of sp³-hybridized carbons (Fsp3) is 0.417. The first-order valence-corrected chi connectivity index (χ1v) is 10.7. The summed E-state index contributed by atoms with van der Waals surface area (Å²) >= 11 is 0. The summed E-state index contributed by atoms with van der Waals surface area (Å²) < 4.78 is 10.4. The molecule has 0 spiro atoms. The quantitative estimate of drug-likeness (QED) is 0.387. The number of ether oxygens (including phenoxy) is 2. The number of benzene rings is 2. The minimum Gasteiger partial charge on any atom is -0.497 e. The third-order valence-corrected chi connectivity index (χ3v) is 5.42. The number of nitrogens with zero attached hydrogens (tertiary/aromatic N) is 2. The first-order valence-electron chi connectivity index (χ1n) is 10.7. The first kappa shape index (κ1) is 22.5. The number of guanidine groups is 1. The largest absolute Gasteiger partial charge is 0.497 e. The fourth-order valence-corrected chi connectivity index (χ4v) is 3.70. The van der Waals surface area contributed by atoms with Gasteiger partial charge in [-0.15, -0.1) is 0 Å². The molecule has 1 amide bonds. The molecule has 2 aromatic rings. The third-order valence-electron chi connectivity index (χ3n) is 5.42. The highest BCUT2D eigenvalue weighted by Gasteiger charge is 2.26. The summed E-state index contributed by atoms with van der Waals surface area (Å²) in [6.07, 6.45) is 1.09. The van der Waals surface area contributed by atoms with E-state index in [0.717, 1.165) is 43.5 Å². The predicted octanol–water partition coefficient (Wildman–Crippen LogP) is 2.89. The van der Waals surface area contributed by atoms with Crippen molar-refractivity contribution in [1.82, 2.24) is 15.5 Å². The van der Waals surface area contributed by atoms with Crippen molar-refractivity contribution < 1.29 is 14.3 Å². The van der Waals surface area contributed by atoms with Crippen molar-refractivity contribution in [1.29, 1.82) is 0 Å². The van der Waals surface area contributed by atoms with E-state index >= 15 is 0 Å². The van der Waals surface area contributed by atoms with Crippen molar-refractivity contribution in [2.75, 3.05) is 46.9 Å². The van der Waals surface area contributed by atoms with Crippen LogP contribution in [0, 0.1) is 0 Å². The second-order valence-electron chi connectivity index (χ2n) is 7.42. The highest BCUT2D eigenvalue weighted by Crippen LogP contribution is 2.28. The molecule has 2 aromatic carbocycles. The van der Waals surface area contributed by atoms with Gasteiger partial charge < -0.3 is 25.0 Å². The van der Waals surface area contributed by atoms with Crippen LogP contribution in [0.3, 0.4) is 0 Å². The Morgan fingerprint density at radius 2 is 1.68 bits per heavy atom. The van der Waals surface area contributed by atoms with Crippen molar-refractivity contribution in [3.05, 3.63) is 59.7 Å². The molecule has 1 aliphatic rings. The summed E-state index contributed by atoms with van der Waals surface area (Å²) in [7, 11) is 3.29. The molecule has 0 saturated carbocycles. The van der Waals surface area contributed by atoms with Gasteiger partial charge in [-0.05, 0) is 55.3 Å². The minimum atomic E-state index is -0.108. The van der Waals surface area contributed by atoms with Crippen LogP contribution in [0.1, 0.15) is 35.2 Å². The Labute approximate surface area is 184 Å². The average Bonchev–Trinajstić information content (AvgIpc) is 3.31. The number of hydrogen-bond acceptors (Lipinski definition) is 4. The van der Waals surface area contributed by atoms with Crippen LogP contribution in [0.5, 0.6) is 11.5 Å². The van der Waals surface area contributed by atoms with Crippen molar-refractivity contribution in [3.8, 4) is 11.5 Å². The van der Waals surface area contributed by atoms with Gasteiger partial charge in [0.1, 0.15) is 11.5 Å². The minimum absolute atomic E-state index is 0.108. The van der Waals surface area contributed by atoms with Gasteiger partial charge in [0, 0.05) is 37.7 Å². The Morgan fingerprint density at radius 3 is 2.29 bits per heavy atom. The zero-order valence-electron chi connectivity index (χ0n) is 18.6. The Morgan fingerprint density at radius 1 is 1.03 bits per heavy atom. The molecule has 0 aromatic heterocycles. The molecule has 3 rings (SSSR count). The van der Waals surface area contributed by atoms with Crippen molar-refractivity contribution in [2.24, 2.45) is 4.99 Å². The van der Waals surface area contributed by atoms with Crippen molar-refractivity contribution in [3.63, 3.8) is 0 Å². The SMILES string of the molecule is CCNC(=NCCNC(=O)c1ccc(OC)cc1)N1CCC(c2ccc(OC)cc2)C1. The summed E-state index contributed by atoms with van der Waals surface area (Å²) in [6, 6.07) is 15.4. The van der Waals surface area contributed by atoms with Gasteiger partial charge in [-0.2, -0.15) is 0 Å². The summed E-state index contributed by atoms with van der Waals surface area (Å²) in [4.78, 5) is 19.3. The van der Waals surface area contributed by atoms with Crippen LogP contribution in [0.2, 0.25) is 0 Å². The highest BCUT2D eigenvalue weighted by atomic mass is 16.5. The van der Waals surface area contributed by atoms with E-state index in [4.69, 9.17) is 14.5 Å². The van der Waals surface area contributed by atoms with E-state index in [1.54, 1.807) is 38.5 Å². The molecule has 7 heteroatoms. The number of nitrogens with one attached hydrogen (secondary N) is 2. The smallest absolute Gasteiger partial charge is 0.251 e. The van der Waals surface area contributed by atoms with E-state index in [1.165, 1.54) is 5.56 Å². The van der Waals surface area contributed by atoms with Gasteiger partial charge in [0.25, 0.3) is 5.91 Å². The molecule has 1 unspecified atom stereocenters. The number of carbonyl (C=O) groups is 1. The predicted molar refractivity (Wildman–Crippen MR) is 123 cm³/mol. The molecule has 0 aliphatic carbocycles. The van der Waals surface area contributed by atoms with Crippen LogP contribution in [0.15, 0.2) is 53.5 Å². The number of hydrogen-bond donors (Lipinski definition) is 2. The van der Waals surface area contributed by atoms with E-state index in [2.05, 4.69) is 34.6 Å². The summed E-state index contributed by atoms with van der Waals surface area (Å²) in [5.74, 6) is 2.88. The van der Waals surface area contributed by atoms with Gasteiger partial charge in [0.05, 0.1) is 20.8 Å². The lowest BCUT2D eigenvalue weighted by Crippen LogP contribution is -2.40. The molecule has 1 heterocycles. The van der Waals surface area contributed by atoms with Crippen LogP contribution < -0.4 is 20.1 Å². The maximum atomic E-state index is 12.3. The zero-order valence-corrected chi connectivity index (χ0v) is 18.6. The van der Waals surface area contributed by atoms with Crippen LogP contribution >= 0.6 is 0 Å². The monoisotopic (exact) mass is 424 g/mol. The molecule has 0 bridgehead atoms. The van der Waals surface area contributed by atoms with Gasteiger partial charge in [-0.3, -0.25) is 9.79 Å². The van der Waals surface area contributed by atoms with Crippen molar-refractivity contribution >= 4 is 11.9 Å². The topological polar surface area (TPSA) is 75.2 Å². The Balaban J connectivity index is 1.51. The maximum absolute atomic E-state index is 12.3. The first-order chi connectivity index (χ1) is 15.1. The maximum Gasteiger partial charge on any atom is 0.251 e. The zero-order chi connectivity index (χ0) is 22.1. The number of amides is 1. The molecule has 1 fully saturated rings. The van der Waals surface area contributed by atoms with E-state index in [1.807, 2.05) is 12.1 Å². The molecule has 166 valence electrons. The lowest BCUT2D eigenvalue weighted by molar-refractivity contribution is 0.0954. The van der Waals surface area contributed by atoms with Gasteiger partial charge in [0.15, 0.2) is 5.96 Å². The van der Waals surface area contributed by atoms with E-state index in [9.17, 15) is 4.79 Å². The molecule has 1 aliphatic heterocycles. The van der Waals surface area contributed by atoms with Gasteiger partial charge in [0.2, 0.25) is 0 Å². The number of aliphatic imine (C=N–C) groups is 1. The second-order valence-corrected chi connectivity index (χ2v) is 7.42. The molecule has 2 N–H and O–H groups in total. The van der Waals surface area contributed by atoms with Crippen LogP contribution in [0.4, 0.5) is 0 Å². The number of methoxy groups -OCH3 is 2. The van der Waals surface area contributed by atoms with E-state index < -0.39 is 0 Å². The lowest BCUT2D eigenvalue weighted by Gasteiger charge is -2.22. The van der Waals surface area contributed by atoms with Gasteiger partial charge in [-0.1, -0.05) is 12.1 Å². The Kier molecular flexibility index (Phi) is 8.15. The van der Waals surface area contributed by atoms with Gasteiger partial charge >= 0.3 is 0 Å². The standard InChI is InChI=1S/C24H32N4O3/c1-4-25-24(27-15-14-26-23(29)19-7-11-22(31-3)12-8-19)28-16-13-20(17-28)18-5-9-21(30-2)10-6-18/h5-12,20H,4,13-17H2,1-3H3,(H,25,27)(H,26,29). The molecular weight excluding hydrogens is 392 g/mol. The fourth-order valence-electron chi connectivity index (χ4n) is 3.70. The van der Waals surface area contributed by atoms with E-state index in [-0.39, 0.29) is 5.91 Å². The normalized spacial score (nSPS) is 16.2. The summed E-state index contributed by atoms with van der Waals surface area (Å²) in [6.45, 7) is 5.76. The molecular formula is C24H32N4O3. The van der Waals surface area contributed by atoms with Gasteiger partial charge in [-0.25, -0.2) is 0 Å². The number of rotatable bonds is 8. The second kappa shape index (κ2) is 11.2. The molecule has 1 saturated heterocycles. The van der Waals surface area contributed by atoms with Crippen LogP contribution in [-0.4, -0.2) is 63.7 Å². The summed E-state index contributed by atoms with van der Waals surface area (Å²) in [5.41, 5.74) is 1.93. The molecule has 7 nitrogen and oxygen atoms in total. The Hall–Kier alpha value is -3.22. The van der Waals surface area contributed by atoms with Crippen LogP contribution in [-0.2, 0) is 0 Å². The lowest BCUT2D eigenvalue weighted by atomic mass is 9.98. The number of carbonyl (C=O) groups excluding carboxylic acids is 1. The highest BCUT2D eigenvalue weighted by molar-refractivity contribution is 5.94. The molecule has 0 radical (unpaired) electrons. The summed E-state index contributed by atoms with van der Waals surface area (Å²) in [5, 5.41) is 6.30. The van der Waals surface area contributed by atoms with E-state index in [0.29, 0.717) is 24.6 Å². The molecule has 1 atom stereocenters. The average molecular weight is 425 g/mol. The van der Waals surface area contributed by atoms with Crippen LogP contribution in [0.25, 0.3) is 0 Å². The van der Waals surface area contributed by atoms with Crippen molar-refractivity contribution in [2.45, 2.75) is 19.3 Å². The Bertz CT molecular complexity index is 865.